The second-order valence-electron chi connectivity index (χ2n) is 3.08. The number of hydrogen-bond donors (Lipinski definition) is 1. The van der Waals surface area contributed by atoms with E-state index in [4.69, 9.17) is 5.26 Å². The zero-order chi connectivity index (χ0) is 10.8. The number of amides is 1. The minimum Gasteiger partial charge on any atom is -0.355 e. The van der Waals surface area contributed by atoms with Crippen molar-refractivity contribution < 1.29 is 4.79 Å². The highest BCUT2D eigenvalue weighted by molar-refractivity contribution is 7.98. The smallest absolute Gasteiger partial charge is 0.237 e. The molecule has 14 heavy (non-hydrogen) atoms. The van der Waals surface area contributed by atoms with Gasteiger partial charge in [-0.1, -0.05) is 6.92 Å². The summed E-state index contributed by atoms with van der Waals surface area (Å²) in [5.74, 6) is 0.528. The highest BCUT2D eigenvalue weighted by Gasteiger charge is 2.13. The molecule has 80 valence electrons. The minimum absolute atomic E-state index is 0.126. The normalized spacial score (nSPS) is 11.8. The van der Waals surface area contributed by atoms with Crippen LogP contribution in [0.3, 0.4) is 0 Å². The van der Waals surface area contributed by atoms with Crippen molar-refractivity contribution in [2.75, 3.05) is 18.6 Å². The van der Waals surface area contributed by atoms with Crippen molar-refractivity contribution in [3.05, 3.63) is 0 Å². The summed E-state index contributed by atoms with van der Waals surface area (Å²) in [7, 11) is 0. The van der Waals surface area contributed by atoms with Crippen LogP contribution in [-0.2, 0) is 4.79 Å². The number of thioether (sulfide) groups is 1. The summed E-state index contributed by atoms with van der Waals surface area (Å²) >= 11 is 1.81. The van der Waals surface area contributed by atoms with Crippen LogP contribution in [-0.4, -0.2) is 24.5 Å². The number of unbranched alkanes of at least 4 members (excludes halogenated alkanes) is 1. The van der Waals surface area contributed by atoms with E-state index in [2.05, 4.69) is 11.6 Å². The van der Waals surface area contributed by atoms with Crippen molar-refractivity contribution >= 4 is 17.7 Å². The first-order valence-corrected chi connectivity index (χ1v) is 6.31. The highest BCUT2D eigenvalue weighted by atomic mass is 32.2. The molecule has 0 aliphatic carbocycles. The molecule has 0 aromatic carbocycles. The quantitative estimate of drug-likeness (QED) is 0.657. The molecule has 0 saturated heterocycles. The second-order valence-corrected chi connectivity index (χ2v) is 4.07. The van der Waals surface area contributed by atoms with Crippen LogP contribution in [0.4, 0.5) is 0 Å². The van der Waals surface area contributed by atoms with Crippen molar-refractivity contribution in [1.29, 1.82) is 5.26 Å². The molecule has 0 aromatic heterocycles. The molecule has 0 aliphatic heterocycles. The van der Waals surface area contributed by atoms with Crippen LogP contribution < -0.4 is 5.32 Å². The van der Waals surface area contributed by atoms with Crippen LogP contribution in [0.25, 0.3) is 0 Å². The number of hydrogen-bond acceptors (Lipinski definition) is 3. The lowest BCUT2D eigenvalue weighted by Crippen LogP contribution is -2.30. The van der Waals surface area contributed by atoms with Crippen molar-refractivity contribution in [2.45, 2.75) is 26.2 Å². The van der Waals surface area contributed by atoms with E-state index in [-0.39, 0.29) is 5.91 Å². The molecule has 0 aromatic rings. The lowest BCUT2D eigenvalue weighted by Gasteiger charge is -2.07. The van der Waals surface area contributed by atoms with Gasteiger partial charge in [0.25, 0.3) is 0 Å². The largest absolute Gasteiger partial charge is 0.355 e. The van der Waals surface area contributed by atoms with Gasteiger partial charge in [0.15, 0.2) is 0 Å². The SMILES string of the molecule is CCC(C#N)C(=O)NCCCCSC. The predicted octanol–water partition coefficient (Wildman–Crippen LogP) is 1.80. The Bertz CT molecular complexity index is 201. The lowest BCUT2D eigenvalue weighted by molar-refractivity contribution is -0.123. The van der Waals surface area contributed by atoms with Gasteiger partial charge in [0, 0.05) is 6.54 Å². The number of nitrogens with zero attached hydrogens (tertiary/aromatic N) is 1. The van der Waals surface area contributed by atoms with Gasteiger partial charge in [-0.05, 0) is 31.3 Å². The van der Waals surface area contributed by atoms with Crippen LogP contribution in [0.2, 0.25) is 0 Å². The molecule has 0 radical (unpaired) electrons. The first-order chi connectivity index (χ1) is 6.76. The molecule has 0 heterocycles. The fraction of sp³-hybridized carbons (Fsp3) is 0.800. The van der Waals surface area contributed by atoms with Gasteiger partial charge in [0.05, 0.1) is 6.07 Å². The molecule has 0 spiro atoms. The first kappa shape index (κ1) is 13.3. The molecule has 0 fully saturated rings. The molecular weight excluding hydrogens is 196 g/mol. The third kappa shape index (κ3) is 5.87. The van der Waals surface area contributed by atoms with Crippen LogP contribution in [0, 0.1) is 17.2 Å². The summed E-state index contributed by atoms with van der Waals surface area (Å²) in [6, 6.07) is 1.99. The van der Waals surface area contributed by atoms with E-state index in [0.717, 1.165) is 18.6 Å². The van der Waals surface area contributed by atoms with E-state index >= 15 is 0 Å². The van der Waals surface area contributed by atoms with Gasteiger partial charge in [0.2, 0.25) is 5.91 Å². The summed E-state index contributed by atoms with van der Waals surface area (Å²) in [6.07, 6.45) is 4.77. The Kier molecular flexibility index (Phi) is 8.45. The Labute approximate surface area is 90.3 Å². The van der Waals surface area contributed by atoms with Gasteiger partial charge in [-0.3, -0.25) is 4.79 Å². The van der Waals surface area contributed by atoms with E-state index in [0.29, 0.717) is 13.0 Å². The number of nitrogens with one attached hydrogen (secondary N) is 1. The standard InChI is InChI=1S/C10H18N2OS/c1-3-9(8-11)10(13)12-6-4-5-7-14-2/h9H,3-7H2,1-2H3,(H,12,13). The fourth-order valence-corrected chi connectivity index (χ4v) is 1.53. The van der Waals surface area contributed by atoms with Gasteiger partial charge >= 0.3 is 0 Å². The number of carbonyl (C=O) groups excluding carboxylic acids is 1. The number of nitriles is 1. The first-order valence-electron chi connectivity index (χ1n) is 4.92. The van der Waals surface area contributed by atoms with Crippen LogP contribution in [0.1, 0.15) is 26.2 Å². The van der Waals surface area contributed by atoms with Crippen molar-refractivity contribution in [1.82, 2.24) is 5.32 Å². The Morgan fingerprint density at radius 2 is 2.29 bits per heavy atom. The Morgan fingerprint density at radius 1 is 1.57 bits per heavy atom. The van der Waals surface area contributed by atoms with Crippen LogP contribution in [0.15, 0.2) is 0 Å². The van der Waals surface area contributed by atoms with Crippen molar-refractivity contribution in [3.8, 4) is 6.07 Å². The maximum Gasteiger partial charge on any atom is 0.237 e. The average molecular weight is 214 g/mol. The zero-order valence-corrected chi connectivity index (χ0v) is 9.69. The molecule has 0 bridgehead atoms. The molecule has 0 aliphatic rings. The van der Waals surface area contributed by atoms with E-state index < -0.39 is 5.92 Å². The molecule has 1 N–H and O–H groups in total. The monoisotopic (exact) mass is 214 g/mol. The van der Waals surface area contributed by atoms with Crippen LogP contribution >= 0.6 is 11.8 Å². The number of rotatable bonds is 7. The highest BCUT2D eigenvalue weighted by Crippen LogP contribution is 2.01. The Balaban J connectivity index is 3.49. The van der Waals surface area contributed by atoms with Crippen LogP contribution in [0.5, 0.6) is 0 Å². The van der Waals surface area contributed by atoms with Gasteiger partial charge in [0.1, 0.15) is 5.92 Å². The number of carbonyl (C=O) groups is 1. The molecule has 0 rings (SSSR count). The van der Waals surface area contributed by atoms with E-state index in [1.54, 1.807) is 0 Å². The minimum atomic E-state index is -0.476. The molecule has 1 atom stereocenters. The summed E-state index contributed by atoms with van der Waals surface area (Å²) in [5.41, 5.74) is 0. The molecule has 0 saturated carbocycles. The van der Waals surface area contributed by atoms with Gasteiger partial charge < -0.3 is 5.32 Å². The van der Waals surface area contributed by atoms with Gasteiger partial charge in [-0.2, -0.15) is 17.0 Å². The second kappa shape index (κ2) is 8.89. The van der Waals surface area contributed by atoms with Gasteiger partial charge in [-0.15, -0.1) is 0 Å². The Hall–Kier alpha value is -0.690. The zero-order valence-electron chi connectivity index (χ0n) is 8.88. The maximum atomic E-state index is 11.3. The van der Waals surface area contributed by atoms with E-state index in [1.807, 2.05) is 24.8 Å². The third-order valence-corrected chi connectivity index (χ3v) is 2.65. The van der Waals surface area contributed by atoms with Crippen molar-refractivity contribution in [3.63, 3.8) is 0 Å². The third-order valence-electron chi connectivity index (χ3n) is 1.96. The molecular formula is C10H18N2OS. The maximum absolute atomic E-state index is 11.3. The summed E-state index contributed by atoms with van der Waals surface area (Å²) in [5, 5.41) is 11.4. The van der Waals surface area contributed by atoms with Gasteiger partial charge in [-0.25, -0.2) is 0 Å². The molecule has 4 heteroatoms. The summed E-state index contributed by atoms with van der Waals surface area (Å²) in [6.45, 7) is 2.54. The fourth-order valence-electron chi connectivity index (χ4n) is 1.04. The summed E-state index contributed by atoms with van der Waals surface area (Å²) < 4.78 is 0. The lowest BCUT2D eigenvalue weighted by atomic mass is 10.1. The van der Waals surface area contributed by atoms with Crippen molar-refractivity contribution in [2.24, 2.45) is 5.92 Å². The molecule has 1 unspecified atom stereocenters. The molecule has 3 nitrogen and oxygen atoms in total. The topological polar surface area (TPSA) is 52.9 Å². The average Bonchev–Trinajstić information content (AvgIpc) is 2.19. The predicted molar refractivity (Wildman–Crippen MR) is 60.0 cm³/mol. The Morgan fingerprint density at radius 3 is 2.79 bits per heavy atom. The van der Waals surface area contributed by atoms with E-state index in [9.17, 15) is 4.79 Å². The van der Waals surface area contributed by atoms with E-state index in [1.165, 1.54) is 0 Å². The summed E-state index contributed by atoms with van der Waals surface area (Å²) in [4.78, 5) is 11.3. The molecule has 1 amide bonds.